The highest BCUT2D eigenvalue weighted by Crippen LogP contribution is 2.18. The Morgan fingerprint density at radius 3 is 2.65 bits per heavy atom. The summed E-state index contributed by atoms with van der Waals surface area (Å²) < 4.78 is 4.67. The standard InChI is InChI=1S/C15H18N2O2S/c1-10-9-20-14(17-10)11(2)16-8-12-4-6-13(7-5-12)15(18)19-3/h4-7,9,11,16H,8H2,1-3H3. The normalized spacial score (nSPS) is 12.2. The van der Waals surface area contributed by atoms with Crippen molar-refractivity contribution < 1.29 is 9.53 Å². The number of aryl methyl sites for hydroxylation is 1. The Bertz CT molecular complexity index is 578. The first-order chi connectivity index (χ1) is 9.60. The van der Waals surface area contributed by atoms with Crippen LogP contribution in [0.5, 0.6) is 0 Å². The van der Waals surface area contributed by atoms with Crippen LogP contribution in [0.3, 0.4) is 0 Å². The SMILES string of the molecule is COC(=O)c1ccc(CNC(C)c2nc(C)cs2)cc1. The first-order valence-corrected chi connectivity index (χ1v) is 7.31. The van der Waals surface area contributed by atoms with Crippen molar-refractivity contribution in [3.8, 4) is 0 Å². The molecule has 1 N–H and O–H groups in total. The number of nitrogens with one attached hydrogen (secondary N) is 1. The van der Waals surface area contributed by atoms with Gasteiger partial charge in [0.1, 0.15) is 5.01 Å². The number of hydrogen-bond acceptors (Lipinski definition) is 5. The molecule has 1 aromatic carbocycles. The van der Waals surface area contributed by atoms with E-state index in [9.17, 15) is 4.79 Å². The van der Waals surface area contributed by atoms with Gasteiger partial charge in [0.25, 0.3) is 0 Å². The predicted molar refractivity (Wildman–Crippen MR) is 79.9 cm³/mol. The summed E-state index contributed by atoms with van der Waals surface area (Å²) in [5.74, 6) is -0.309. The molecule has 0 amide bonds. The highest BCUT2D eigenvalue weighted by atomic mass is 32.1. The molecule has 2 rings (SSSR count). The van der Waals surface area contributed by atoms with Crippen LogP contribution in [0.15, 0.2) is 29.6 Å². The first-order valence-electron chi connectivity index (χ1n) is 6.43. The number of rotatable bonds is 5. The predicted octanol–water partition coefficient (Wildman–Crippen LogP) is 3.09. The average Bonchev–Trinajstić information content (AvgIpc) is 2.91. The highest BCUT2D eigenvalue weighted by Gasteiger charge is 2.09. The van der Waals surface area contributed by atoms with Crippen molar-refractivity contribution in [1.82, 2.24) is 10.3 Å². The van der Waals surface area contributed by atoms with Gasteiger partial charge in [-0.25, -0.2) is 9.78 Å². The van der Waals surface area contributed by atoms with Crippen LogP contribution in [0, 0.1) is 6.92 Å². The van der Waals surface area contributed by atoms with Crippen LogP contribution in [-0.2, 0) is 11.3 Å². The van der Waals surface area contributed by atoms with E-state index in [0.717, 1.165) is 22.8 Å². The Morgan fingerprint density at radius 1 is 1.40 bits per heavy atom. The fourth-order valence-corrected chi connectivity index (χ4v) is 2.63. The third kappa shape index (κ3) is 3.65. The van der Waals surface area contributed by atoms with Crippen molar-refractivity contribution in [2.24, 2.45) is 0 Å². The molecular weight excluding hydrogens is 272 g/mol. The van der Waals surface area contributed by atoms with Gasteiger partial charge >= 0.3 is 5.97 Å². The largest absolute Gasteiger partial charge is 0.465 e. The second kappa shape index (κ2) is 6.63. The second-order valence-corrected chi connectivity index (χ2v) is 5.51. The smallest absolute Gasteiger partial charge is 0.337 e. The number of carbonyl (C=O) groups excluding carboxylic acids is 1. The van der Waals surface area contributed by atoms with E-state index >= 15 is 0 Å². The molecule has 106 valence electrons. The van der Waals surface area contributed by atoms with Crippen LogP contribution < -0.4 is 5.32 Å². The lowest BCUT2D eigenvalue weighted by molar-refractivity contribution is 0.0600. The second-order valence-electron chi connectivity index (χ2n) is 4.62. The van der Waals surface area contributed by atoms with E-state index in [1.807, 2.05) is 19.1 Å². The van der Waals surface area contributed by atoms with Gasteiger partial charge in [-0.2, -0.15) is 0 Å². The molecule has 0 spiro atoms. The molecule has 0 bridgehead atoms. The van der Waals surface area contributed by atoms with Crippen molar-refractivity contribution in [1.29, 1.82) is 0 Å². The Labute approximate surface area is 122 Å². The zero-order valence-corrected chi connectivity index (χ0v) is 12.7. The van der Waals surface area contributed by atoms with Crippen molar-refractivity contribution in [3.63, 3.8) is 0 Å². The molecule has 1 unspecified atom stereocenters. The zero-order valence-electron chi connectivity index (χ0n) is 11.8. The lowest BCUT2D eigenvalue weighted by Crippen LogP contribution is -2.18. The number of hydrogen-bond donors (Lipinski definition) is 1. The maximum atomic E-state index is 11.3. The Morgan fingerprint density at radius 2 is 2.10 bits per heavy atom. The van der Waals surface area contributed by atoms with Crippen LogP contribution in [0.2, 0.25) is 0 Å². The number of esters is 1. The molecule has 1 heterocycles. The molecule has 0 fully saturated rings. The Hall–Kier alpha value is -1.72. The molecule has 5 heteroatoms. The van der Waals surface area contributed by atoms with E-state index in [1.54, 1.807) is 23.5 Å². The Balaban J connectivity index is 1.92. The lowest BCUT2D eigenvalue weighted by Gasteiger charge is -2.11. The summed E-state index contributed by atoms with van der Waals surface area (Å²) in [5.41, 5.74) is 2.75. The van der Waals surface area contributed by atoms with Crippen molar-refractivity contribution in [2.75, 3.05) is 7.11 Å². The fourth-order valence-electron chi connectivity index (χ4n) is 1.81. The summed E-state index contributed by atoms with van der Waals surface area (Å²) in [7, 11) is 1.38. The number of carbonyl (C=O) groups is 1. The summed E-state index contributed by atoms with van der Waals surface area (Å²) in [6, 6.07) is 7.63. The van der Waals surface area contributed by atoms with E-state index in [-0.39, 0.29) is 12.0 Å². The minimum absolute atomic E-state index is 0.217. The number of methoxy groups -OCH3 is 1. The molecular formula is C15H18N2O2S. The number of benzene rings is 1. The number of aromatic nitrogens is 1. The van der Waals surface area contributed by atoms with Crippen LogP contribution >= 0.6 is 11.3 Å². The van der Waals surface area contributed by atoms with Gasteiger partial charge in [0, 0.05) is 17.6 Å². The topological polar surface area (TPSA) is 51.2 Å². The van der Waals surface area contributed by atoms with Crippen LogP contribution in [-0.4, -0.2) is 18.1 Å². The maximum absolute atomic E-state index is 11.3. The Kier molecular flexibility index (Phi) is 4.87. The molecule has 0 radical (unpaired) electrons. The third-order valence-electron chi connectivity index (χ3n) is 2.99. The van der Waals surface area contributed by atoms with Gasteiger partial charge in [-0.1, -0.05) is 12.1 Å². The molecule has 1 aromatic heterocycles. The minimum Gasteiger partial charge on any atom is -0.465 e. The molecule has 20 heavy (non-hydrogen) atoms. The van der Waals surface area contributed by atoms with Crippen LogP contribution in [0.1, 0.15) is 39.6 Å². The van der Waals surface area contributed by atoms with Gasteiger partial charge in [-0.3, -0.25) is 0 Å². The lowest BCUT2D eigenvalue weighted by atomic mass is 10.1. The van der Waals surface area contributed by atoms with E-state index < -0.39 is 0 Å². The van der Waals surface area contributed by atoms with E-state index in [4.69, 9.17) is 0 Å². The molecule has 0 aliphatic rings. The summed E-state index contributed by atoms with van der Waals surface area (Å²) in [5, 5.41) is 6.57. The third-order valence-corrected chi connectivity index (χ3v) is 4.14. The van der Waals surface area contributed by atoms with Gasteiger partial charge in [-0.05, 0) is 31.5 Å². The fraction of sp³-hybridized carbons (Fsp3) is 0.333. The van der Waals surface area contributed by atoms with Gasteiger partial charge in [0.2, 0.25) is 0 Å². The molecule has 0 aliphatic heterocycles. The van der Waals surface area contributed by atoms with Crippen molar-refractivity contribution in [3.05, 3.63) is 51.5 Å². The van der Waals surface area contributed by atoms with E-state index in [0.29, 0.717) is 5.56 Å². The molecule has 1 atom stereocenters. The first kappa shape index (κ1) is 14.7. The van der Waals surface area contributed by atoms with Gasteiger partial charge in [0.05, 0.1) is 18.7 Å². The molecule has 4 nitrogen and oxygen atoms in total. The monoisotopic (exact) mass is 290 g/mol. The minimum atomic E-state index is -0.309. The summed E-state index contributed by atoms with van der Waals surface area (Å²) >= 11 is 1.67. The number of ether oxygens (including phenoxy) is 1. The number of nitrogens with zero attached hydrogens (tertiary/aromatic N) is 1. The molecule has 0 saturated heterocycles. The molecule has 2 aromatic rings. The number of thiazole rings is 1. The molecule has 0 saturated carbocycles. The van der Waals surface area contributed by atoms with Gasteiger partial charge < -0.3 is 10.1 Å². The van der Waals surface area contributed by atoms with Crippen molar-refractivity contribution in [2.45, 2.75) is 26.4 Å². The van der Waals surface area contributed by atoms with Gasteiger partial charge in [0.15, 0.2) is 0 Å². The maximum Gasteiger partial charge on any atom is 0.337 e. The van der Waals surface area contributed by atoms with Crippen LogP contribution in [0.4, 0.5) is 0 Å². The quantitative estimate of drug-likeness (QED) is 0.860. The highest BCUT2D eigenvalue weighted by molar-refractivity contribution is 7.09. The van der Waals surface area contributed by atoms with Gasteiger partial charge in [-0.15, -0.1) is 11.3 Å². The van der Waals surface area contributed by atoms with Crippen molar-refractivity contribution >= 4 is 17.3 Å². The summed E-state index contributed by atoms with van der Waals surface area (Å²) in [6.45, 7) is 4.83. The van der Waals surface area contributed by atoms with E-state index in [1.165, 1.54) is 7.11 Å². The van der Waals surface area contributed by atoms with Crippen LogP contribution in [0.25, 0.3) is 0 Å². The molecule has 0 aliphatic carbocycles. The summed E-state index contributed by atoms with van der Waals surface area (Å²) in [4.78, 5) is 15.8. The zero-order chi connectivity index (χ0) is 14.5. The van der Waals surface area contributed by atoms with E-state index in [2.05, 4.69) is 27.3 Å². The average molecular weight is 290 g/mol. The summed E-state index contributed by atoms with van der Waals surface area (Å²) in [6.07, 6.45) is 0.